The van der Waals surface area contributed by atoms with Crippen LogP contribution in [0.25, 0.3) is 0 Å². The summed E-state index contributed by atoms with van der Waals surface area (Å²) in [5, 5.41) is 3.18. The maximum Gasteiger partial charge on any atom is 0.211 e. The quantitative estimate of drug-likeness (QED) is 0.556. The molecule has 0 rings (SSSR count). The van der Waals surface area contributed by atoms with Crippen LogP contribution >= 0.6 is 0 Å². The average Bonchev–Trinajstić information content (AvgIpc) is 2.25. The zero-order valence-electron chi connectivity index (χ0n) is 11.5. The highest BCUT2D eigenvalue weighted by molar-refractivity contribution is 7.89. The molecule has 1 unspecified atom stereocenters. The van der Waals surface area contributed by atoms with Crippen LogP contribution in [0, 0.1) is 0 Å². The van der Waals surface area contributed by atoms with Crippen LogP contribution in [0.15, 0.2) is 0 Å². The van der Waals surface area contributed by atoms with Crippen LogP contribution in [0.1, 0.15) is 26.7 Å². The molecule has 6 heteroatoms. The summed E-state index contributed by atoms with van der Waals surface area (Å²) < 4.78 is 25.9. The van der Waals surface area contributed by atoms with E-state index in [9.17, 15) is 8.42 Å². The van der Waals surface area contributed by atoms with E-state index in [-0.39, 0.29) is 11.8 Å². The number of hydrogen-bond donors (Lipinski definition) is 2. The smallest absolute Gasteiger partial charge is 0.211 e. The van der Waals surface area contributed by atoms with Crippen molar-refractivity contribution in [2.45, 2.75) is 32.7 Å². The second-order valence-electron chi connectivity index (χ2n) is 4.54. The molecule has 0 aromatic carbocycles. The Kier molecular flexibility index (Phi) is 8.77. The molecule has 5 nitrogen and oxygen atoms in total. The highest BCUT2D eigenvalue weighted by atomic mass is 32.2. The molecule has 0 amide bonds. The van der Waals surface area contributed by atoms with Crippen molar-refractivity contribution >= 4 is 10.0 Å². The zero-order chi connectivity index (χ0) is 13.3. The number of unbranched alkanes of at least 4 members (excludes halogenated alkanes) is 1. The van der Waals surface area contributed by atoms with Crippen molar-refractivity contribution in [3.63, 3.8) is 0 Å². The van der Waals surface area contributed by atoms with Crippen LogP contribution in [0.4, 0.5) is 0 Å². The second-order valence-corrected chi connectivity index (χ2v) is 6.47. The molecule has 0 aliphatic carbocycles. The van der Waals surface area contributed by atoms with Crippen molar-refractivity contribution < 1.29 is 8.42 Å². The third-order valence-electron chi connectivity index (χ3n) is 2.75. The lowest BCUT2D eigenvalue weighted by atomic mass is 10.3. The van der Waals surface area contributed by atoms with Crippen LogP contribution in [0.2, 0.25) is 0 Å². The molecular weight excluding hydrogens is 238 g/mol. The van der Waals surface area contributed by atoms with E-state index in [1.807, 2.05) is 32.8 Å². The van der Waals surface area contributed by atoms with Crippen LogP contribution in [0.5, 0.6) is 0 Å². The summed E-state index contributed by atoms with van der Waals surface area (Å²) in [4.78, 5) is 1.99. The first kappa shape index (κ1) is 16.8. The van der Waals surface area contributed by atoms with E-state index in [1.54, 1.807) is 0 Å². The summed E-state index contributed by atoms with van der Waals surface area (Å²) in [7, 11) is 0.778. The Morgan fingerprint density at radius 3 is 2.41 bits per heavy atom. The van der Waals surface area contributed by atoms with Crippen molar-refractivity contribution in [3.8, 4) is 0 Å². The third kappa shape index (κ3) is 9.52. The van der Waals surface area contributed by atoms with E-state index in [1.165, 1.54) is 0 Å². The molecule has 0 saturated carbocycles. The van der Waals surface area contributed by atoms with Gasteiger partial charge in [0.05, 0.1) is 5.75 Å². The van der Waals surface area contributed by atoms with Gasteiger partial charge in [0.2, 0.25) is 10.0 Å². The Hall–Kier alpha value is -0.170. The maximum atomic E-state index is 11.6. The van der Waals surface area contributed by atoms with Gasteiger partial charge < -0.3 is 10.2 Å². The van der Waals surface area contributed by atoms with Gasteiger partial charge in [0.1, 0.15) is 0 Å². The molecule has 0 aromatic heterocycles. The predicted octanol–water partition coefficient (Wildman–Crippen LogP) is 0.246. The van der Waals surface area contributed by atoms with Gasteiger partial charge in [0.25, 0.3) is 0 Å². The average molecular weight is 265 g/mol. The number of hydrogen-bond acceptors (Lipinski definition) is 4. The molecule has 0 aliphatic rings. The molecule has 0 heterocycles. The lowest BCUT2D eigenvalue weighted by Gasteiger charge is -2.19. The molecule has 0 bridgehead atoms. The van der Waals surface area contributed by atoms with E-state index in [0.29, 0.717) is 13.0 Å². The molecule has 17 heavy (non-hydrogen) atoms. The normalized spacial score (nSPS) is 14.2. The van der Waals surface area contributed by atoms with Crippen LogP contribution in [0.3, 0.4) is 0 Å². The van der Waals surface area contributed by atoms with E-state index < -0.39 is 10.0 Å². The van der Waals surface area contributed by atoms with Gasteiger partial charge in [0.15, 0.2) is 0 Å². The first-order valence-corrected chi connectivity index (χ1v) is 7.88. The lowest BCUT2D eigenvalue weighted by molar-refractivity contribution is 0.314. The van der Waals surface area contributed by atoms with Crippen molar-refractivity contribution in [3.05, 3.63) is 0 Å². The lowest BCUT2D eigenvalue weighted by Crippen LogP contribution is -2.39. The highest BCUT2D eigenvalue weighted by Crippen LogP contribution is 1.96. The minimum Gasteiger partial charge on any atom is -0.317 e. The highest BCUT2D eigenvalue weighted by Gasteiger charge is 2.12. The van der Waals surface area contributed by atoms with E-state index in [4.69, 9.17) is 0 Å². The second kappa shape index (κ2) is 8.85. The van der Waals surface area contributed by atoms with Crippen LogP contribution in [-0.4, -0.2) is 58.8 Å². The van der Waals surface area contributed by atoms with E-state index in [0.717, 1.165) is 19.5 Å². The fourth-order valence-corrected chi connectivity index (χ4v) is 2.44. The van der Waals surface area contributed by atoms with E-state index >= 15 is 0 Å². The van der Waals surface area contributed by atoms with Gasteiger partial charge in [-0.3, -0.25) is 0 Å². The van der Waals surface area contributed by atoms with Crippen molar-refractivity contribution in [1.29, 1.82) is 0 Å². The number of nitrogens with zero attached hydrogens (tertiary/aromatic N) is 1. The molecule has 1 atom stereocenters. The molecule has 0 fully saturated rings. The Bertz CT molecular complexity index is 278. The Balaban J connectivity index is 3.73. The predicted molar refractivity (Wildman–Crippen MR) is 72.7 cm³/mol. The van der Waals surface area contributed by atoms with Gasteiger partial charge in [-0.05, 0) is 47.0 Å². The zero-order valence-corrected chi connectivity index (χ0v) is 12.3. The largest absolute Gasteiger partial charge is 0.317 e. The summed E-state index contributed by atoms with van der Waals surface area (Å²) in [6, 6.07) is 0.214. The first-order chi connectivity index (χ1) is 7.89. The molecule has 104 valence electrons. The summed E-state index contributed by atoms with van der Waals surface area (Å²) in [6.45, 7) is 6.34. The SMILES string of the molecule is CCNCCCCS(=O)(=O)NCC(C)N(C)C. The minimum atomic E-state index is -3.10. The fraction of sp³-hybridized carbons (Fsp3) is 1.00. The third-order valence-corrected chi connectivity index (χ3v) is 4.18. The van der Waals surface area contributed by atoms with Gasteiger partial charge in [0, 0.05) is 12.6 Å². The van der Waals surface area contributed by atoms with Gasteiger partial charge in [-0.25, -0.2) is 13.1 Å². The van der Waals surface area contributed by atoms with Crippen molar-refractivity contribution in [1.82, 2.24) is 14.9 Å². The van der Waals surface area contributed by atoms with Gasteiger partial charge in [-0.2, -0.15) is 0 Å². The van der Waals surface area contributed by atoms with Crippen molar-refractivity contribution in [2.24, 2.45) is 0 Å². The summed E-state index contributed by atoms with van der Waals surface area (Å²) in [6.07, 6.45) is 1.61. The molecule has 0 saturated heterocycles. The van der Waals surface area contributed by atoms with E-state index in [2.05, 4.69) is 10.0 Å². The van der Waals surface area contributed by atoms with Crippen LogP contribution in [-0.2, 0) is 10.0 Å². The minimum absolute atomic E-state index is 0.214. The molecule has 0 radical (unpaired) electrons. The van der Waals surface area contributed by atoms with Crippen molar-refractivity contribution in [2.75, 3.05) is 39.5 Å². The maximum absolute atomic E-state index is 11.6. The number of likely N-dealkylation sites (N-methyl/N-ethyl adjacent to an activating group) is 1. The Morgan fingerprint density at radius 1 is 1.24 bits per heavy atom. The topological polar surface area (TPSA) is 61.4 Å². The summed E-state index contributed by atoms with van der Waals surface area (Å²) >= 11 is 0. The number of rotatable bonds is 10. The van der Waals surface area contributed by atoms with Crippen LogP contribution < -0.4 is 10.0 Å². The molecule has 0 aromatic rings. The molecule has 2 N–H and O–H groups in total. The molecule has 0 aliphatic heterocycles. The summed E-state index contributed by atoms with van der Waals surface area (Å²) in [5.74, 6) is 0.221. The molecule has 0 spiro atoms. The Morgan fingerprint density at radius 2 is 1.88 bits per heavy atom. The first-order valence-electron chi connectivity index (χ1n) is 6.23. The van der Waals surface area contributed by atoms with Gasteiger partial charge in [-0.1, -0.05) is 6.92 Å². The van der Waals surface area contributed by atoms with Gasteiger partial charge >= 0.3 is 0 Å². The number of sulfonamides is 1. The van der Waals surface area contributed by atoms with Gasteiger partial charge in [-0.15, -0.1) is 0 Å². The standard InChI is InChI=1S/C11H27N3O2S/c1-5-12-8-6-7-9-17(15,16)13-10-11(2)14(3)4/h11-13H,5-10H2,1-4H3. The monoisotopic (exact) mass is 265 g/mol. The Labute approximate surface area is 106 Å². The fourth-order valence-electron chi connectivity index (χ4n) is 1.22. The summed E-state index contributed by atoms with van der Waals surface area (Å²) in [5.41, 5.74) is 0. The molecular formula is C11H27N3O2S. The number of nitrogens with one attached hydrogen (secondary N) is 2.